The van der Waals surface area contributed by atoms with E-state index in [1.54, 1.807) is 23.1 Å². The zero-order valence-corrected chi connectivity index (χ0v) is 21.5. The first-order valence-electron chi connectivity index (χ1n) is 11.9. The quantitative estimate of drug-likeness (QED) is 0.442. The minimum Gasteiger partial charge on any atom is -0.493 e. The van der Waals surface area contributed by atoms with Gasteiger partial charge in [-0.3, -0.25) is 9.59 Å². The van der Waals surface area contributed by atoms with Gasteiger partial charge in [0.1, 0.15) is 12.9 Å². The van der Waals surface area contributed by atoms with Gasteiger partial charge in [-0.25, -0.2) is 4.98 Å². The van der Waals surface area contributed by atoms with Crippen molar-refractivity contribution in [2.45, 2.75) is 39.0 Å². The highest BCUT2D eigenvalue weighted by Crippen LogP contribution is 2.29. The third kappa shape index (κ3) is 5.88. The molecular formula is C26H26ClF3N4O4. The molecule has 0 saturated heterocycles. The second-order valence-electron chi connectivity index (χ2n) is 8.66. The number of ether oxygens (including phenoxy) is 1. The van der Waals surface area contributed by atoms with Crippen LogP contribution in [0.15, 0.2) is 47.3 Å². The highest BCUT2D eigenvalue weighted by atomic mass is 35.5. The largest absolute Gasteiger partial charge is 0.493 e. The standard InChI is InChI=1S/C26H26ClF3N4O4/c1-3-12-38-22-13-18(27)8-9-19(22)23(35)33-11-10-21-20(15-33)24(36)34(37-2)25(32-21)31-14-16-4-6-17(7-5-16)26(28,29)30/h4-9,13H,3,10-12,14-15H2,1-2H3,(H,31,32). The Bertz CT molecular complexity index is 1380. The minimum atomic E-state index is -4.42. The van der Waals surface area contributed by atoms with Crippen LogP contribution in [0, 0.1) is 0 Å². The van der Waals surface area contributed by atoms with Crippen LogP contribution in [0.5, 0.6) is 5.75 Å². The van der Waals surface area contributed by atoms with Gasteiger partial charge in [0.15, 0.2) is 0 Å². The number of fused-ring (bicyclic) bond motifs is 1. The monoisotopic (exact) mass is 550 g/mol. The molecule has 1 amide bonds. The van der Waals surface area contributed by atoms with Gasteiger partial charge in [-0.1, -0.05) is 30.7 Å². The summed E-state index contributed by atoms with van der Waals surface area (Å²) < 4.78 is 45.1. The molecule has 0 aliphatic carbocycles. The van der Waals surface area contributed by atoms with Crippen molar-refractivity contribution >= 4 is 23.5 Å². The molecule has 12 heteroatoms. The number of carbonyl (C=O) groups is 1. The zero-order chi connectivity index (χ0) is 27.4. The molecule has 1 N–H and O–H groups in total. The summed E-state index contributed by atoms with van der Waals surface area (Å²) in [5.74, 6) is 0.195. The zero-order valence-electron chi connectivity index (χ0n) is 20.8. The van der Waals surface area contributed by atoms with Gasteiger partial charge in [0.05, 0.1) is 35.5 Å². The lowest BCUT2D eigenvalue weighted by molar-refractivity contribution is -0.137. The Morgan fingerprint density at radius 2 is 1.92 bits per heavy atom. The highest BCUT2D eigenvalue weighted by Gasteiger charge is 2.30. The number of halogens is 4. The molecule has 8 nitrogen and oxygen atoms in total. The number of hydrogen-bond donors (Lipinski definition) is 1. The number of alkyl halides is 3. The maximum atomic E-state index is 13.3. The molecule has 0 fully saturated rings. The molecule has 0 atom stereocenters. The Hall–Kier alpha value is -3.73. The number of amides is 1. The lowest BCUT2D eigenvalue weighted by Crippen LogP contribution is -2.42. The number of nitrogens with zero attached hydrogens (tertiary/aromatic N) is 3. The molecular weight excluding hydrogens is 525 g/mol. The van der Waals surface area contributed by atoms with E-state index in [4.69, 9.17) is 21.2 Å². The van der Waals surface area contributed by atoms with Crippen LogP contribution in [-0.4, -0.2) is 40.8 Å². The first-order chi connectivity index (χ1) is 18.1. The number of aromatic nitrogens is 2. The Morgan fingerprint density at radius 1 is 1.18 bits per heavy atom. The van der Waals surface area contributed by atoms with Gasteiger partial charge >= 0.3 is 6.18 Å². The fourth-order valence-corrected chi connectivity index (χ4v) is 4.24. The average molecular weight is 551 g/mol. The lowest BCUT2D eigenvalue weighted by atomic mass is 10.1. The van der Waals surface area contributed by atoms with E-state index < -0.39 is 17.3 Å². The van der Waals surface area contributed by atoms with Crippen LogP contribution >= 0.6 is 11.6 Å². The van der Waals surface area contributed by atoms with E-state index >= 15 is 0 Å². The van der Waals surface area contributed by atoms with E-state index in [-0.39, 0.29) is 24.9 Å². The van der Waals surface area contributed by atoms with Crippen LogP contribution in [0.3, 0.4) is 0 Å². The Balaban J connectivity index is 1.54. The summed E-state index contributed by atoms with van der Waals surface area (Å²) in [6.07, 6.45) is -3.33. The van der Waals surface area contributed by atoms with Crippen molar-refractivity contribution in [2.24, 2.45) is 0 Å². The topological polar surface area (TPSA) is 85.7 Å². The van der Waals surface area contributed by atoms with E-state index in [2.05, 4.69) is 10.3 Å². The highest BCUT2D eigenvalue weighted by molar-refractivity contribution is 6.30. The van der Waals surface area contributed by atoms with Crippen LogP contribution in [0.1, 0.15) is 46.1 Å². The molecule has 2 heterocycles. The summed E-state index contributed by atoms with van der Waals surface area (Å²) in [4.78, 5) is 37.9. The van der Waals surface area contributed by atoms with Crippen molar-refractivity contribution in [3.63, 3.8) is 0 Å². The summed E-state index contributed by atoms with van der Waals surface area (Å²) in [6.45, 7) is 2.85. The van der Waals surface area contributed by atoms with Crippen LogP contribution in [-0.2, 0) is 25.7 Å². The normalized spacial score (nSPS) is 13.2. The molecule has 1 aromatic heterocycles. The molecule has 0 saturated carbocycles. The maximum Gasteiger partial charge on any atom is 0.416 e. The third-order valence-corrected chi connectivity index (χ3v) is 6.26. The fourth-order valence-electron chi connectivity index (χ4n) is 4.08. The molecule has 0 spiro atoms. The second-order valence-corrected chi connectivity index (χ2v) is 9.09. The van der Waals surface area contributed by atoms with Crippen LogP contribution < -0.4 is 20.5 Å². The molecule has 1 aliphatic heterocycles. The predicted octanol–water partition coefficient (Wildman–Crippen LogP) is 4.57. The van der Waals surface area contributed by atoms with Crippen LogP contribution in [0.2, 0.25) is 5.02 Å². The lowest BCUT2D eigenvalue weighted by Gasteiger charge is -2.29. The van der Waals surface area contributed by atoms with Gasteiger partial charge in [0.2, 0.25) is 5.95 Å². The van der Waals surface area contributed by atoms with E-state index in [0.717, 1.165) is 23.3 Å². The molecule has 2 aromatic carbocycles. The molecule has 202 valence electrons. The number of nitrogens with one attached hydrogen (secondary N) is 1. The van der Waals surface area contributed by atoms with Crippen molar-refractivity contribution in [1.29, 1.82) is 0 Å². The Labute approximate surface area is 221 Å². The number of carbonyl (C=O) groups excluding carboxylic acids is 1. The second kappa shape index (κ2) is 11.3. The van der Waals surface area contributed by atoms with Crippen LogP contribution in [0.4, 0.5) is 19.1 Å². The summed E-state index contributed by atoms with van der Waals surface area (Å²) in [5, 5.41) is 3.40. The van der Waals surface area contributed by atoms with Crippen molar-refractivity contribution in [2.75, 3.05) is 25.6 Å². The van der Waals surface area contributed by atoms with Gasteiger partial charge in [-0.2, -0.15) is 13.2 Å². The van der Waals surface area contributed by atoms with Gasteiger partial charge in [0.25, 0.3) is 11.5 Å². The first-order valence-corrected chi connectivity index (χ1v) is 12.3. The molecule has 4 rings (SSSR count). The molecule has 38 heavy (non-hydrogen) atoms. The maximum absolute atomic E-state index is 13.3. The number of anilines is 1. The van der Waals surface area contributed by atoms with Crippen molar-refractivity contribution in [3.8, 4) is 5.75 Å². The first kappa shape index (κ1) is 27.3. The SMILES string of the molecule is CCCOc1cc(Cl)ccc1C(=O)N1CCc2nc(NCc3ccc(C(F)(F)F)cc3)n(OC)c(=O)c2C1. The molecule has 0 bridgehead atoms. The number of hydrogen-bond acceptors (Lipinski definition) is 6. The van der Waals surface area contributed by atoms with E-state index in [0.29, 0.717) is 52.7 Å². The van der Waals surface area contributed by atoms with Gasteiger partial charge in [0, 0.05) is 24.5 Å². The summed E-state index contributed by atoms with van der Waals surface area (Å²) in [7, 11) is 1.30. The van der Waals surface area contributed by atoms with Gasteiger partial charge < -0.3 is 19.8 Å². The van der Waals surface area contributed by atoms with E-state index in [9.17, 15) is 22.8 Å². The van der Waals surface area contributed by atoms with Crippen molar-refractivity contribution in [1.82, 2.24) is 14.6 Å². The fraction of sp³-hybridized carbons (Fsp3) is 0.346. The smallest absolute Gasteiger partial charge is 0.416 e. The summed E-state index contributed by atoms with van der Waals surface area (Å²) >= 11 is 6.09. The number of benzene rings is 2. The molecule has 0 unspecified atom stereocenters. The molecule has 1 aliphatic rings. The van der Waals surface area contributed by atoms with Crippen molar-refractivity contribution < 1.29 is 27.5 Å². The molecule has 3 aromatic rings. The average Bonchev–Trinajstić information content (AvgIpc) is 2.90. The van der Waals surface area contributed by atoms with Gasteiger partial charge in [-0.05, 0) is 42.3 Å². The van der Waals surface area contributed by atoms with E-state index in [1.165, 1.54) is 19.2 Å². The minimum absolute atomic E-state index is 0.0262. The third-order valence-electron chi connectivity index (χ3n) is 6.03. The van der Waals surface area contributed by atoms with Gasteiger partial charge in [-0.15, -0.1) is 4.73 Å². The van der Waals surface area contributed by atoms with Crippen molar-refractivity contribution in [3.05, 3.63) is 85.8 Å². The predicted molar refractivity (Wildman–Crippen MR) is 135 cm³/mol. The number of rotatable bonds is 8. The Morgan fingerprint density at radius 3 is 2.58 bits per heavy atom. The Kier molecular flexibility index (Phi) is 8.15. The van der Waals surface area contributed by atoms with E-state index in [1.807, 2.05) is 6.92 Å². The van der Waals surface area contributed by atoms with Crippen LogP contribution in [0.25, 0.3) is 0 Å². The molecule has 0 radical (unpaired) electrons. The summed E-state index contributed by atoms with van der Waals surface area (Å²) in [5.41, 5.74) is 0.513. The summed E-state index contributed by atoms with van der Waals surface area (Å²) in [6, 6.07) is 9.49.